The minimum atomic E-state index is 0.488. The van der Waals surface area contributed by atoms with Crippen molar-refractivity contribution in [3.8, 4) is 6.07 Å². The second kappa shape index (κ2) is 5.20. The van der Waals surface area contributed by atoms with E-state index in [1.165, 1.54) is 6.20 Å². The Hall–Kier alpha value is -1.76. The van der Waals surface area contributed by atoms with Crippen molar-refractivity contribution in [3.63, 3.8) is 0 Å². The Morgan fingerprint density at radius 1 is 1.67 bits per heavy atom. The van der Waals surface area contributed by atoms with Gasteiger partial charge in [-0.3, -0.25) is 0 Å². The highest BCUT2D eigenvalue weighted by molar-refractivity contribution is 5.62. The van der Waals surface area contributed by atoms with Gasteiger partial charge in [-0.2, -0.15) is 5.26 Å². The number of nitrogens with zero attached hydrogens (tertiary/aromatic N) is 2. The van der Waals surface area contributed by atoms with Crippen LogP contribution in [-0.4, -0.2) is 11.5 Å². The van der Waals surface area contributed by atoms with Crippen molar-refractivity contribution in [2.24, 2.45) is 5.92 Å². The standard InChI is InChI=1S/C11H16N4/c1-3-8(2)6-14-11-10(13)4-9(5-12)7-15-11/h4,7-8H,3,6,13H2,1-2H3,(H,14,15). The number of anilines is 2. The molecule has 1 heterocycles. The van der Waals surface area contributed by atoms with Crippen LogP contribution in [0.5, 0.6) is 0 Å². The molecule has 1 aromatic heterocycles. The van der Waals surface area contributed by atoms with Crippen LogP contribution < -0.4 is 11.1 Å². The molecule has 0 aliphatic heterocycles. The average molecular weight is 204 g/mol. The molecule has 4 heteroatoms. The zero-order valence-corrected chi connectivity index (χ0v) is 9.12. The minimum Gasteiger partial charge on any atom is -0.396 e. The van der Waals surface area contributed by atoms with E-state index in [0.29, 0.717) is 23.0 Å². The normalized spacial score (nSPS) is 11.8. The molecular weight excluding hydrogens is 188 g/mol. The number of pyridine rings is 1. The van der Waals surface area contributed by atoms with Gasteiger partial charge < -0.3 is 11.1 Å². The van der Waals surface area contributed by atoms with Gasteiger partial charge >= 0.3 is 0 Å². The lowest BCUT2D eigenvalue weighted by atomic mass is 10.1. The number of nitrogens with two attached hydrogens (primary N) is 1. The predicted octanol–water partition coefficient (Wildman–Crippen LogP) is 1.99. The van der Waals surface area contributed by atoms with Crippen molar-refractivity contribution in [1.82, 2.24) is 4.98 Å². The summed E-state index contributed by atoms with van der Waals surface area (Å²) in [5.41, 5.74) is 6.76. The maximum atomic E-state index is 8.64. The number of hydrogen-bond donors (Lipinski definition) is 2. The summed E-state index contributed by atoms with van der Waals surface area (Å²) in [6.45, 7) is 5.15. The molecule has 0 aromatic carbocycles. The van der Waals surface area contributed by atoms with E-state index in [1.54, 1.807) is 6.07 Å². The minimum absolute atomic E-state index is 0.488. The third-order valence-electron chi connectivity index (χ3n) is 2.36. The van der Waals surface area contributed by atoms with E-state index in [2.05, 4.69) is 24.1 Å². The highest BCUT2D eigenvalue weighted by Crippen LogP contribution is 2.16. The number of aromatic nitrogens is 1. The molecule has 0 fully saturated rings. The number of hydrogen-bond acceptors (Lipinski definition) is 4. The molecule has 0 aliphatic carbocycles. The summed E-state index contributed by atoms with van der Waals surface area (Å²) < 4.78 is 0. The fourth-order valence-electron chi connectivity index (χ4n) is 1.11. The molecule has 0 saturated carbocycles. The second-order valence-corrected chi connectivity index (χ2v) is 3.67. The summed E-state index contributed by atoms with van der Waals surface area (Å²) in [4.78, 5) is 4.10. The van der Waals surface area contributed by atoms with Gasteiger partial charge in [0.15, 0.2) is 0 Å². The van der Waals surface area contributed by atoms with Crippen LogP contribution >= 0.6 is 0 Å². The summed E-state index contributed by atoms with van der Waals surface area (Å²) in [5, 5.41) is 11.8. The molecule has 1 unspecified atom stereocenters. The van der Waals surface area contributed by atoms with Crippen LogP contribution in [0.25, 0.3) is 0 Å². The molecule has 0 saturated heterocycles. The molecule has 0 radical (unpaired) electrons. The Morgan fingerprint density at radius 3 is 2.93 bits per heavy atom. The van der Waals surface area contributed by atoms with Gasteiger partial charge in [0.05, 0.1) is 11.3 Å². The zero-order valence-electron chi connectivity index (χ0n) is 9.12. The van der Waals surface area contributed by atoms with Gasteiger partial charge in [-0.1, -0.05) is 20.3 Å². The SMILES string of the molecule is CCC(C)CNc1ncc(C#N)cc1N. The number of rotatable bonds is 4. The average Bonchev–Trinajstić information content (AvgIpc) is 2.26. The highest BCUT2D eigenvalue weighted by Gasteiger charge is 2.03. The maximum Gasteiger partial charge on any atom is 0.149 e. The van der Waals surface area contributed by atoms with Crippen molar-refractivity contribution in [1.29, 1.82) is 5.26 Å². The highest BCUT2D eigenvalue weighted by atomic mass is 15.0. The van der Waals surface area contributed by atoms with Crippen LogP contribution in [0, 0.1) is 17.2 Å². The van der Waals surface area contributed by atoms with Gasteiger partial charge in [-0.15, -0.1) is 0 Å². The van der Waals surface area contributed by atoms with E-state index in [-0.39, 0.29) is 0 Å². The van der Waals surface area contributed by atoms with Crippen molar-refractivity contribution in [2.45, 2.75) is 20.3 Å². The first-order valence-electron chi connectivity index (χ1n) is 5.06. The lowest BCUT2D eigenvalue weighted by Crippen LogP contribution is -2.12. The van der Waals surface area contributed by atoms with Crippen LogP contribution in [0.3, 0.4) is 0 Å². The fraction of sp³-hybridized carbons (Fsp3) is 0.455. The quantitative estimate of drug-likeness (QED) is 0.786. The first kappa shape index (κ1) is 11.3. The summed E-state index contributed by atoms with van der Waals surface area (Å²) in [6.07, 6.45) is 2.64. The van der Waals surface area contributed by atoms with Gasteiger partial charge in [0, 0.05) is 12.7 Å². The molecule has 1 aromatic rings. The molecule has 0 bridgehead atoms. The van der Waals surface area contributed by atoms with Crippen LogP contribution in [0.15, 0.2) is 12.3 Å². The molecule has 15 heavy (non-hydrogen) atoms. The first-order valence-corrected chi connectivity index (χ1v) is 5.06. The Bertz CT molecular complexity index is 367. The molecule has 80 valence electrons. The third-order valence-corrected chi connectivity index (χ3v) is 2.36. The van der Waals surface area contributed by atoms with E-state index in [0.717, 1.165) is 13.0 Å². The second-order valence-electron chi connectivity index (χ2n) is 3.67. The van der Waals surface area contributed by atoms with Gasteiger partial charge in [-0.05, 0) is 12.0 Å². The van der Waals surface area contributed by atoms with Gasteiger partial charge in [0.2, 0.25) is 0 Å². The van der Waals surface area contributed by atoms with Crippen LogP contribution in [0.4, 0.5) is 11.5 Å². The monoisotopic (exact) mass is 204 g/mol. The van der Waals surface area contributed by atoms with Gasteiger partial charge in [0.25, 0.3) is 0 Å². The molecule has 1 rings (SSSR count). The third kappa shape index (κ3) is 3.13. The van der Waals surface area contributed by atoms with Crippen LogP contribution in [-0.2, 0) is 0 Å². The Morgan fingerprint density at radius 2 is 2.40 bits per heavy atom. The molecule has 0 amide bonds. The van der Waals surface area contributed by atoms with E-state index in [4.69, 9.17) is 11.0 Å². The van der Waals surface area contributed by atoms with E-state index >= 15 is 0 Å². The van der Waals surface area contributed by atoms with E-state index in [1.807, 2.05) is 6.07 Å². The van der Waals surface area contributed by atoms with Crippen LogP contribution in [0.2, 0.25) is 0 Å². The lowest BCUT2D eigenvalue weighted by molar-refractivity contribution is 0.592. The Kier molecular flexibility index (Phi) is 3.92. The molecule has 1 atom stereocenters. The molecular formula is C11H16N4. The smallest absolute Gasteiger partial charge is 0.149 e. The Balaban J connectivity index is 2.67. The number of nitrogens with one attached hydrogen (secondary N) is 1. The van der Waals surface area contributed by atoms with Gasteiger partial charge in [0.1, 0.15) is 11.9 Å². The predicted molar refractivity (Wildman–Crippen MR) is 61.3 cm³/mol. The molecule has 0 spiro atoms. The zero-order chi connectivity index (χ0) is 11.3. The fourth-order valence-corrected chi connectivity index (χ4v) is 1.11. The largest absolute Gasteiger partial charge is 0.396 e. The first-order chi connectivity index (χ1) is 7.17. The topological polar surface area (TPSA) is 74.7 Å². The Labute approximate surface area is 90.1 Å². The van der Waals surface area contributed by atoms with Crippen molar-refractivity contribution < 1.29 is 0 Å². The summed E-state index contributed by atoms with van der Waals surface area (Å²) in [5.74, 6) is 1.25. The van der Waals surface area contributed by atoms with E-state index in [9.17, 15) is 0 Å². The molecule has 4 nitrogen and oxygen atoms in total. The summed E-state index contributed by atoms with van der Waals surface area (Å²) in [7, 11) is 0. The lowest BCUT2D eigenvalue weighted by Gasteiger charge is -2.12. The van der Waals surface area contributed by atoms with Crippen molar-refractivity contribution in [3.05, 3.63) is 17.8 Å². The van der Waals surface area contributed by atoms with Crippen molar-refractivity contribution >= 4 is 11.5 Å². The molecule has 3 N–H and O–H groups in total. The maximum absolute atomic E-state index is 8.64. The van der Waals surface area contributed by atoms with Crippen LogP contribution in [0.1, 0.15) is 25.8 Å². The number of nitrogen functional groups attached to an aromatic ring is 1. The number of nitriles is 1. The van der Waals surface area contributed by atoms with E-state index < -0.39 is 0 Å². The molecule has 0 aliphatic rings. The van der Waals surface area contributed by atoms with Crippen molar-refractivity contribution in [2.75, 3.05) is 17.6 Å². The summed E-state index contributed by atoms with van der Waals surface area (Å²) in [6, 6.07) is 3.63. The summed E-state index contributed by atoms with van der Waals surface area (Å²) >= 11 is 0. The van der Waals surface area contributed by atoms with Gasteiger partial charge in [-0.25, -0.2) is 4.98 Å².